The van der Waals surface area contributed by atoms with Crippen LogP contribution < -0.4 is 9.47 Å². The molecule has 6 heteroatoms. The zero-order valence-electron chi connectivity index (χ0n) is 10.8. The second kappa shape index (κ2) is 7.30. The Morgan fingerprint density at radius 1 is 1.14 bits per heavy atom. The highest BCUT2D eigenvalue weighted by atomic mass is 79.9. The minimum atomic E-state index is -0.539. The Morgan fingerprint density at radius 3 is 2.48 bits per heavy atom. The molecule has 0 spiro atoms. The predicted octanol–water partition coefficient (Wildman–Crippen LogP) is 4.57. The number of nitrogens with zero attached hydrogens (tertiary/aromatic N) is 1. The quantitative estimate of drug-likeness (QED) is 0.572. The maximum atomic E-state index is 13.3. The molecule has 0 aliphatic carbocycles. The van der Waals surface area contributed by atoms with Crippen LogP contribution in [0.5, 0.6) is 11.5 Å². The summed E-state index contributed by atoms with van der Waals surface area (Å²) in [4.78, 5) is 0. The van der Waals surface area contributed by atoms with Gasteiger partial charge in [0.2, 0.25) is 0 Å². The molecule has 0 aromatic heterocycles. The van der Waals surface area contributed by atoms with E-state index in [-0.39, 0.29) is 11.6 Å². The fourth-order valence-electron chi connectivity index (χ4n) is 1.55. The van der Waals surface area contributed by atoms with Gasteiger partial charge in [-0.25, -0.2) is 4.39 Å². The van der Waals surface area contributed by atoms with Crippen molar-refractivity contribution in [2.75, 3.05) is 13.2 Å². The number of hydrogen-bond donors (Lipinski definition) is 0. The average molecular weight is 371 g/mol. The minimum Gasteiger partial charge on any atom is -0.490 e. The smallest absolute Gasteiger partial charge is 0.145 e. The highest BCUT2D eigenvalue weighted by Gasteiger charge is 2.07. The molecule has 0 saturated carbocycles. The predicted molar refractivity (Wildman–Crippen MR) is 81.3 cm³/mol. The van der Waals surface area contributed by atoms with Crippen LogP contribution in [0.4, 0.5) is 4.39 Å². The number of ether oxygens (including phenoxy) is 2. The van der Waals surface area contributed by atoms with Gasteiger partial charge >= 0.3 is 0 Å². The summed E-state index contributed by atoms with van der Waals surface area (Å²) in [6.07, 6.45) is 0. The molecule has 0 fully saturated rings. The van der Waals surface area contributed by atoms with E-state index in [1.54, 1.807) is 24.3 Å². The Hall–Kier alpha value is -1.77. The van der Waals surface area contributed by atoms with Gasteiger partial charge in [0.25, 0.3) is 0 Å². The van der Waals surface area contributed by atoms with E-state index >= 15 is 0 Å². The van der Waals surface area contributed by atoms with Gasteiger partial charge in [-0.2, -0.15) is 5.26 Å². The molecule has 2 aromatic rings. The lowest BCUT2D eigenvalue weighted by atomic mass is 10.2. The maximum Gasteiger partial charge on any atom is 0.145 e. The second-order valence-electron chi connectivity index (χ2n) is 4.03. The van der Waals surface area contributed by atoms with Crippen molar-refractivity contribution in [2.24, 2.45) is 0 Å². The third-order valence-electron chi connectivity index (χ3n) is 2.57. The molecular weight excluding hydrogens is 361 g/mol. The monoisotopic (exact) mass is 369 g/mol. The van der Waals surface area contributed by atoms with Crippen LogP contribution >= 0.6 is 27.5 Å². The largest absolute Gasteiger partial charge is 0.490 e. The Labute approximate surface area is 135 Å². The molecule has 0 amide bonds. The molecule has 0 aliphatic heterocycles. The summed E-state index contributed by atoms with van der Waals surface area (Å²) in [5, 5.41) is 8.71. The molecule has 108 valence electrons. The van der Waals surface area contributed by atoms with Gasteiger partial charge in [-0.1, -0.05) is 11.6 Å². The van der Waals surface area contributed by atoms with Crippen LogP contribution in [0.25, 0.3) is 0 Å². The van der Waals surface area contributed by atoms with E-state index in [1.807, 2.05) is 6.07 Å². The van der Waals surface area contributed by atoms with E-state index < -0.39 is 5.82 Å². The number of halogens is 3. The summed E-state index contributed by atoms with van der Waals surface area (Å²) in [5.41, 5.74) is 0.569. The van der Waals surface area contributed by atoms with E-state index in [9.17, 15) is 4.39 Å². The van der Waals surface area contributed by atoms with E-state index in [1.165, 1.54) is 12.1 Å². The molecule has 0 heterocycles. The van der Waals surface area contributed by atoms with Crippen LogP contribution in [-0.2, 0) is 0 Å². The lowest BCUT2D eigenvalue weighted by Crippen LogP contribution is -2.09. The van der Waals surface area contributed by atoms with Crippen molar-refractivity contribution in [3.05, 3.63) is 57.3 Å². The average Bonchev–Trinajstić information content (AvgIpc) is 2.49. The van der Waals surface area contributed by atoms with E-state index in [4.69, 9.17) is 26.3 Å². The Balaban J connectivity index is 1.84. The molecule has 2 rings (SSSR count). The molecule has 2 aromatic carbocycles. The zero-order chi connectivity index (χ0) is 15.2. The molecule has 3 nitrogen and oxygen atoms in total. The summed E-state index contributed by atoms with van der Waals surface area (Å²) in [7, 11) is 0. The number of hydrogen-bond acceptors (Lipinski definition) is 3. The topological polar surface area (TPSA) is 42.2 Å². The molecule has 0 unspecified atom stereocenters. The van der Waals surface area contributed by atoms with E-state index in [0.717, 1.165) is 0 Å². The third-order valence-corrected chi connectivity index (χ3v) is 3.48. The highest BCUT2D eigenvalue weighted by molar-refractivity contribution is 9.10. The van der Waals surface area contributed by atoms with Crippen LogP contribution in [-0.4, -0.2) is 13.2 Å². The van der Waals surface area contributed by atoms with Crippen molar-refractivity contribution in [3.8, 4) is 17.6 Å². The van der Waals surface area contributed by atoms with Gasteiger partial charge in [-0.05, 0) is 46.3 Å². The first-order chi connectivity index (χ1) is 10.1. The summed E-state index contributed by atoms with van der Waals surface area (Å²) < 4.78 is 24.8. The highest BCUT2D eigenvalue weighted by Crippen LogP contribution is 2.30. The fourth-order valence-corrected chi connectivity index (χ4v) is 2.31. The van der Waals surface area contributed by atoms with Gasteiger partial charge in [0.15, 0.2) is 0 Å². The van der Waals surface area contributed by atoms with Crippen molar-refractivity contribution < 1.29 is 13.9 Å². The van der Waals surface area contributed by atoms with Crippen LogP contribution in [0, 0.1) is 17.1 Å². The molecule has 0 N–H and O–H groups in total. The van der Waals surface area contributed by atoms with Gasteiger partial charge in [-0.15, -0.1) is 0 Å². The zero-order valence-corrected chi connectivity index (χ0v) is 13.1. The molecule has 0 atom stereocenters. The van der Waals surface area contributed by atoms with Gasteiger partial charge in [0.05, 0.1) is 21.1 Å². The first kappa shape index (κ1) is 15.6. The molecule has 0 bridgehead atoms. The van der Waals surface area contributed by atoms with E-state index in [0.29, 0.717) is 28.1 Å². The Kier molecular flexibility index (Phi) is 5.43. The fraction of sp³-hybridized carbons (Fsp3) is 0.133. The van der Waals surface area contributed by atoms with Crippen molar-refractivity contribution in [1.29, 1.82) is 5.26 Å². The minimum absolute atomic E-state index is 0.0306. The van der Waals surface area contributed by atoms with Crippen LogP contribution in [0.3, 0.4) is 0 Å². The van der Waals surface area contributed by atoms with E-state index in [2.05, 4.69) is 15.9 Å². The van der Waals surface area contributed by atoms with Crippen molar-refractivity contribution in [1.82, 2.24) is 0 Å². The first-order valence-corrected chi connectivity index (χ1v) is 7.17. The Morgan fingerprint density at radius 2 is 1.81 bits per heavy atom. The molecular formula is C15H10BrClFNO2. The molecule has 0 radical (unpaired) electrons. The maximum absolute atomic E-state index is 13.3. The Bertz CT molecular complexity index is 671. The first-order valence-electron chi connectivity index (χ1n) is 6.00. The van der Waals surface area contributed by atoms with Crippen molar-refractivity contribution >= 4 is 27.5 Å². The molecule has 21 heavy (non-hydrogen) atoms. The SMILES string of the molecule is N#Cc1ccc(OCCOc2cc(F)c(Cl)cc2Br)cc1. The summed E-state index contributed by atoms with van der Waals surface area (Å²) in [5.74, 6) is 0.460. The lowest BCUT2D eigenvalue weighted by molar-refractivity contribution is 0.216. The third kappa shape index (κ3) is 4.35. The van der Waals surface area contributed by atoms with Crippen LogP contribution in [0.2, 0.25) is 5.02 Å². The normalized spacial score (nSPS) is 10.0. The number of rotatable bonds is 5. The number of nitriles is 1. The molecule has 0 saturated heterocycles. The summed E-state index contributed by atoms with van der Waals surface area (Å²) >= 11 is 8.89. The van der Waals surface area contributed by atoms with Gasteiger partial charge in [-0.3, -0.25) is 0 Å². The van der Waals surface area contributed by atoms with Gasteiger partial charge in [0.1, 0.15) is 30.5 Å². The second-order valence-corrected chi connectivity index (χ2v) is 5.29. The number of benzene rings is 2. The van der Waals surface area contributed by atoms with Crippen molar-refractivity contribution in [3.63, 3.8) is 0 Å². The van der Waals surface area contributed by atoms with Crippen LogP contribution in [0.15, 0.2) is 40.9 Å². The van der Waals surface area contributed by atoms with Crippen molar-refractivity contribution in [2.45, 2.75) is 0 Å². The van der Waals surface area contributed by atoms with Crippen LogP contribution in [0.1, 0.15) is 5.56 Å². The summed E-state index contributed by atoms with van der Waals surface area (Å²) in [6.45, 7) is 0.544. The summed E-state index contributed by atoms with van der Waals surface area (Å²) in [6, 6.07) is 11.4. The lowest BCUT2D eigenvalue weighted by Gasteiger charge is -2.10. The molecule has 0 aliphatic rings. The standard InChI is InChI=1S/C15H10BrClFNO2/c16-12-7-13(17)14(18)8-15(12)21-6-5-20-11-3-1-10(9-19)2-4-11/h1-4,7-8H,5-6H2. The van der Waals surface area contributed by atoms with Gasteiger partial charge < -0.3 is 9.47 Å². The van der Waals surface area contributed by atoms with Gasteiger partial charge in [0, 0.05) is 6.07 Å².